The molecule has 1 aromatic heterocycles. The van der Waals surface area contributed by atoms with E-state index in [1.165, 1.54) is 0 Å². The molecule has 0 saturated carbocycles. The second kappa shape index (κ2) is 3.03. The van der Waals surface area contributed by atoms with Gasteiger partial charge >= 0.3 is 0 Å². The van der Waals surface area contributed by atoms with Crippen molar-refractivity contribution < 1.29 is 21.1 Å². The van der Waals surface area contributed by atoms with Crippen molar-refractivity contribution in [1.29, 1.82) is 0 Å². The van der Waals surface area contributed by atoms with Crippen molar-refractivity contribution >= 4 is 0 Å². The van der Waals surface area contributed by atoms with Gasteiger partial charge in [0.1, 0.15) is 5.82 Å². The van der Waals surface area contributed by atoms with Gasteiger partial charge in [-0.15, -0.1) is 0 Å². The van der Waals surface area contributed by atoms with E-state index in [1.54, 1.807) is 0 Å². The summed E-state index contributed by atoms with van der Waals surface area (Å²) in [6.07, 6.45) is 1.81. The van der Waals surface area contributed by atoms with Crippen LogP contribution < -0.4 is 0 Å². The first-order valence-electron chi connectivity index (χ1n) is 2.27. The number of aromatic amines is 1. The Morgan fingerprint density at radius 2 is 2.12 bits per heavy atom. The molecule has 0 atom stereocenters. The topological polar surface area (TPSA) is 28.7 Å². The van der Waals surface area contributed by atoms with Crippen molar-refractivity contribution in [3.05, 3.63) is 17.7 Å². The van der Waals surface area contributed by atoms with Crippen LogP contribution in [0.1, 0.15) is 11.5 Å². The molecule has 1 heterocycles. The van der Waals surface area contributed by atoms with E-state index < -0.39 is 0 Å². The van der Waals surface area contributed by atoms with Gasteiger partial charge in [-0.3, -0.25) is 0 Å². The molecule has 0 spiro atoms. The number of rotatable bonds is 0. The quantitative estimate of drug-likeness (QED) is 0.760. The predicted octanol–water partition coefficient (Wildman–Crippen LogP) is 1.02. The second-order valence-corrected chi connectivity index (χ2v) is 1.65. The van der Waals surface area contributed by atoms with Gasteiger partial charge in [-0.25, -0.2) is 4.98 Å². The number of hydrogen-bond donors (Lipinski definition) is 1. The van der Waals surface area contributed by atoms with Gasteiger partial charge in [0, 0.05) is 33.0 Å². The Labute approximate surface area is 63.0 Å². The third kappa shape index (κ3) is 1.79. The van der Waals surface area contributed by atoms with Crippen LogP contribution in [-0.2, 0) is 21.1 Å². The van der Waals surface area contributed by atoms with Gasteiger partial charge in [0.15, 0.2) is 0 Å². The monoisotopic (exact) mass is 291 g/mol. The Balaban J connectivity index is 0.000000490. The number of nitrogens with one attached hydrogen (secondary N) is 1. The van der Waals surface area contributed by atoms with E-state index >= 15 is 0 Å². The number of H-pyrrole nitrogens is 1. The van der Waals surface area contributed by atoms with Gasteiger partial charge in [-0.05, 0) is 13.8 Å². The molecule has 48 valence electrons. The molecule has 1 aromatic rings. The molecule has 3 heteroatoms. The maximum absolute atomic E-state index is 3.96. The minimum Gasteiger partial charge on any atom is -0.346 e. The minimum absolute atomic E-state index is 0. The van der Waals surface area contributed by atoms with Crippen LogP contribution >= 0.6 is 0 Å². The van der Waals surface area contributed by atoms with Gasteiger partial charge in [-0.2, -0.15) is 0 Å². The SMILES string of the molecule is Cc1cnc(C)[nH]1.[Pt]. The smallest absolute Gasteiger partial charge is 0.103 e. The standard InChI is InChI=1S/C5H8N2.Pt/c1-4-3-6-5(2)7-4;/h3H,1-2H3,(H,6,7);. The number of imidazole rings is 1. The summed E-state index contributed by atoms with van der Waals surface area (Å²) in [4.78, 5) is 6.99. The van der Waals surface area contributed by atoms with Crippen molar-refractivity contribution in [3.63, 3.8) is 0 Å². The molecule has 0 aliphatic heterocycles. The second-order valence-electron chi connectivity index (χ2n) is 1.65. The first kappa shape index (κ1) is 7.90. The van der Waals surface area contributed by atoms with Crippen molar-refractivity contribution in [2.24, 2.45) is 0 Å². The van der Waals surface area contributed by atoms with Gasteiger partial charge in [0.05, 0.1) is 0 Å². The molecule has 1 N–H and O–H groups in total. The van der Waals surface area contributed by atoms with E-state index in [0.29, 0.717) is 0 Å². The molecule has 0 fully saturated rings. The van der Waals surface area contributed by atoms with Crippen LogP contribution in [-0.4, -0.2) is 9.97 Å². The fraction of sp³-hybridized carbons (Fsp3) is 0.400. The van der Waals surface area contributed by atoms with Gasteiger partial charge in [0.25, 0.3) is 0 Å². The van der Waals surface area contributed by atoms with E-state index in [-0.39, 0.29) is 21.1 Å². The molecule has 1 rings (SSSR count). The summed E-state index contributed by atoms with van der Waals surface area (Å²) in [6, 6.07) is 0. The molecule has 0 bridgehead atoms. The average Bonchev–Trinajstić information content (AvgIpc) is 1.87. The molecular formula is C5H8N2Pt. The summed E-state index contributed by atoms with van der Waals surface area (Å²) in [5.74, 6) is 0.984. The molecule has 0 aromatic carbocycles. The van der Waals surface area contributed by atoms with E-state index in [0.717, 1.165) is 11.5 Å². The largest absolute Gasteiger partial charge is 0.346 e. The molecule has 0 radical (unpaired) electrons. The zero-order valence-corrected chi connectivity index (χ0v) is 7.11. The van der Waals surface area contributed by atoms with Gasteiger partial charge in [-0.1, -0.05) is 0 Å². The van der Waals surface area contributed by atoms with Crippen LogP contribution in [0.15, 0.2) is 6.20 Å². The molecule has 0 amide bonds. The minimum atomic E-state index is 0. The molecule has 0 aliphatic carbocycles. The first-order valence-corrected chi connectivity index (χ1v) is 2.27. The first-order chi connectivity index (χ1) is 3.29. The number of aryl methyl sites for hydroxylation is 2. The zero-order chi connectivity index (χ0) is 5.28. The van der Waals surface area contributed by atoms with Crippen LogP contribution in [0.25, 0.3) is 0 Å². The Morgan fingerprint density at radius 3 is 2.25 bits per heavy atom. The third-order valence-corrected chi connectivity index (χ3v) is 0.830. The summed E-state index contributed by atoms with van der Waals surface area (Å²) in [5.41, 5.74) is 1.12. The van der Waals surface area contributed by atoms with Crippen LogP contribution in [0.4, 0.5) is 0 Å². The van der Waals surface area contributed by atoms with Crippen molar-refractivity contribution in [2.45, 2.75) is 13.8 Å². The number of aromatic nitrogens is 2. The fourth-order valence-electron chi connectivity index (χ4n) is 0.544. The summed E-state index contributed by atoms with van der Waals surface area (Å²) in [7, 11) is 0. The third-order valence-electron chi connectivity index (χ3n) is 0.830. The van der Waals surface area contributed by atoms with E-state index in [1.807, 2.05) is 20.0 Å². The molecule has 2 nitrogen and oxygen atoms in total. The summed E-state index contributed by atoms with van der Waals surface area (Å²) < 4.78 is 0. The van der Waals surface area contributed by atoms with Gasteiger partial charge in [0.2, 0.25) is 0 Å². The van der Waals surface area contributed by atoms with Crippen LogP contribution in [0.3, 0.4) is 0 Å². The Kier molecular flexibility index (Phi) is 2.99. The van der Waals surface area contributed by atoms with Crippen molar-refractivity contribution in [3.8, 4) is 0 Å². The summed E-state index contributed by atoms with van der Waals surface area (Å²) >= 11 is 0. The normalized spacial score (nSPS) is 8.25. The molecule has 0 aliphatic rings. The zero-order valence-electron chi connectivity index (χ0n) is 4.84. The van der Waals surface area contributed by atoms with Crippen molar-refractivity contribution in [2.75, 3.05) is 0 Å². The molecule has 0 unspecified atom stereocenters. The van der Waals surface area contributed by atoms with Gasteiger partial charge < -0.3 is 4.98 Å². The molecule has 0 saturated heterocycles. The molecule has 8 heavy (non-hydrogen) atoms. The fourth-order valence-corrected chi connectivity index (χ4v) is 0.544. The van der Waals surface area contributed by atoms with Crippen LogP contribution in [0, 0.1) is 13.8 Å². The van der Waals surface area contributed by atoms with E-state index in [9.17, 15) is 0 Å². The summed E-state index contributed by atoms with van der Waals surface area (Å²) in [6.45, 7) is 3.92. The Bertz CT molecular complexity index is 143. The summed E-state index contributed by atoms with van der Waals surface area (Å²) in [5, 5.41) is 0. The Morgan fingerprint density at radius 1 is 1.50 bits per heavy atom. The maximum atomic E-state index is 3.96. The number of hydrogen-bond acceptors (Lipinski definition) is 1. The van der Waals surface area contributed by atoms with E-state index in [2.05, 4.69) is 9.97 Å². The van der Waals surface area contributed by atoms with Crippen molar-refractivity contribution in [1.82, 2.24) is 9.97 Å². The predicted molar refractivity (Wildman–Crippen MR) is 28.1 cm³/mol. The van der Waals surface area contributed by atoms with Crippen LogP contribution in [0.5, 0.6) is 0 Å². The van der Waals surface area contributed by atoms with Crippen LogP contribution in [0.2, 0.25) is 0 Å². The van der Waals surface area contributed by atoms with E-state index in [4.69, 9.17) is 0 Å². The Hall–Kier alpha value is -0.102. The average molecular weight is 291 g/mol. The maximum Gasteiger partial charge on any atom is 0.103 e. The molecular weight excluding hydrogens is 283 g/mol. The number of nitrogens with zero attached hydrogens (tertiary/aromatic N) is 1.